The maximum atomic E-state index is 9.54. The summed E-state index contributed by atoms with van der Waals surface area (Å²) in [6.07, 6.45) is 5.13. The van der Waals surface area contributed by atoms with Gasteiger partial charge in [0, 0.05) is 0 Å². The number of hydrogen-bond acceptors (Lipinski definition) is 3. The lowest BCUT2D eigenvalue weighted by molar-refractivity contribution is 0.706. The first kappa shape index (κ1) is 8.27. The van der Waals surface area contributed by atoms with Crippen LogP contribution in [0.15, 0.2) is 5.18 Å². The Morgan fingerprint density at radius 2 is 2.11 bits per heavy atom. The third-order valence-electron chi connectivity index (χ3n) is 1.10. The zero-order valence-electron chi connectivity index (χ0n) is 5.47. The molecule has 0 saturated heterocycles. The highest BCUT2D eigenvalue weighted by atomic mass is 16.3. The lowest BCUT2D eigenvalue weighted by Gasteiger charge is -1.90. The topological polar surface area (TPSA) is 53.3 Å². The Hall–Kier alpha value is -0.730. The molecule has 0 fully saturated rings. The molecule has 52 valence electrons. The van der Waals surface area contributed by atoms with E-state index in [0.29, 0.717) is 6.54 Å². The van der Waals surface area contributed by atoms with E-state index in [1.807, 2.05) is 0 Å². The Labute approximate surface area is 54.9 Å². The molecule has 0 bridgehead atoms. The zero-order valence-corrected chi connectivity index (χ0v) is 5.47. The highest BCUT2D eigenvalue weighted by Crippen LogP contribution is 1.96. The summed E-state index contributed by atoms with van der Waals surface area (Å²) in [5.74, 6) is 0. The summed E-state index contributed by atoms with van der Waals surface area (Å²) in [4.78, 5) is 9.54. The molecular weight excluding hydrogens is 116 g/mol. The smallest absolute Gasteiger partial charge is 0.0811 e. The van der Waals surface area contributed by atoms with Gasteiger partial charge in [-0.25, -0.2) is 0 Å². The van der Waals surface area contributed by atoms with Crippen LogP contribution in [0.4, 0.5) is 0 Å². The summed E-state index contributed by atoms with van der Waals surface area (Å²) in [7, 11) is 0. The summed E-state index contributed by atoms with van der Waals surface area (Å²) in [5.41, 5.74) is 0. The first-order valence-electron chi connectivity index (χ1n) is 3.20. The van der Waals surface area contributed by atoms with E-state index in [9.17, 15) is 4.91 Å². The van der Waals surface area contributed by atoms with Crippen molar-refractivity contribution < 1.29 is 0 Å². The number of unbranched alkanes of at least 4 members (excludes halogenated alkanes) is 3. The highest BCUT2D eigenvalue weighted by molar-refractivity contribution is 5.52. The molecule has 0 saturated carbocycles. The van der Waals surface area contributed by atoms with Gasteiger partial charge in [0.05, 0.1) is 6.54 Å². The third kappa shape index (κ3) is 7.27. The van der Waals surface area contributed by atoms with Crippen LogP contribution in [0.2, 0.25) is 0 Å². The molecule has 0 unspecified atom stereocenters. The van der Waals surface area contributed by atoms with E-state index in [1.54, 1.807) is 0 Å². The van der Waals surface area contributed by atoms with Crippen LogP contribution >= 0.6 is 0 Å². The molecule has 1 N–H and O–H groups in total. The SMILES string of the molecule is N=CCCCCCN=O. The molecule has 0 aliphatic rings. The van der Waals surface area contributed by atoms with Gasteiger partial charge in [-0.3, -0.25) is 0 Å². The molecule has 0 atom stereocenters. The Kier molecular flexibility index (Phi) is 6.68. The Bertz CT molecular complexity index is 73.1. The summed E-state index contributed by atoms with van der Waals surface area (Å²) < 4.78 is 0. The molecule has 0 aromatic rings. The summed E-state index contributed by atoms with van der Waals surface area (Å²) in [6, 6.07) is 0. The van der Waals surface area contributed by atoms with Gasteiger partial charge in [-0.15, -0.1) is 0 Å². The van der Waals surface area contributed by atoms with E-state index in [1.165, 1.54) is 6.21 Å². The molecule has 9 heavy (non-hydrogen) atoms. The van der Waals surface area contributed by atoms with Crippen molar-refractivity contribution in [3.63, 3.8) is 0 Å². The summed E-state index contributed by atoms with van der Waals surface area (Å²) >= 11 is 0. The van der Waals surface area contributed by atoms with Gasteiger partial charge in [0.2, 0.25) is 0 Å². The van der Waals surface area contributed by atoms with Crippen LogP contribution < -0.4 is 0 Å². The Balaban J connectivity index is 2.74. The van der Waals surface area contributed by atoms with Gasteiger partial charge in [-0.2, -0.15) is 4.91 Å². The summed E-state index contributed by atoms with van der Waals surface area (Å²) in [6.45, 7) is 0.429. The Morgan fingerprint density at radius 3 is 2.67 bits per heavy atom. The predicted molar refractivity (Wildman–Crippen MR) is 37.9 cm³/mol. The maximum Gasteiger partial charge on any atom is 0.0811 e. The van der Waals surface area contributed by atoms with E-state index >= 15 is 0 Å². The second-order valence-electron chi connectivity index (χ2n) is 1.91. The Morgan fingerprint density at radius 1 is 1.33 bits per heavy atom. The molecule has 0 aromatic heterocycles. The molecule has 3 nitrogen and oxygen atoms in total. The molecule has 0 aliphatic heterocycles. The second kappa shape index (κ2) is 7.27. The molecular formula is C6H12N2O. The van der Waals surface area contributed by atoms with Crippen molar-refractivity contribution in [1.82, 2.24) is 0 Å². The third-order valence-corrected chi connectivity index (χ3v) is 1.10. The van der Waals surface area contributed by atoms with Crippen LogP contribution in [0.1, 0.15) is 25.7 Å². The van der Waals surface area contributed by atoms with Crippen LogP contribution in [-0.4, -0.2) is 12.8 Å². The standard InChI is InChI=1S/C6H12N2O/c7-5-3-1-2-4-6-8-9/h5,7H,1-4,6H2. The van der Waals surface area contributed by atoms with Crippen molar-refractivity contribution in [2.24, 2.45) is 5.18 Å². The first-order chi connectivity index (χ1) is 4.41. The van der Waals surface area contributed by atoms with Crippen molar-refractivity contribution in [1.29, 1.82) is 5.41 Å². The number of hydrogen-bond donors (Lipinski definition) is 1. The fourth-order valence-electron chi connectivity index (χ4n) is 0.600. The van der Waals surface area contributed by atoms with Crippen molar-refractivity contribution in [2.45, 2.75) is 25.7 Å². The van der Waals surface area contributed by atoms with E-state index < -0.39 is 0 Å². The largest absolute Gasteiger partial charge is 0.313 e. The molecule has 3 heteroatoms. The number of nitrogens with zero attached hydrogens (tertiary/aromatic N) is 1. The average Bonchev–Trinajstić information content (AvgIpc) is 1.89. The molecule has 0 rings (SSSR count). The molecule has 0 spiro atoms. The van der Waals surface area contributed by atoms with Gasteiger partial charge in [-0.05, 0) is 25.5 Å². The van der Waals surface area contributed by atoms with E-state index in [4.69, 9.17) is 5.41 Å². The lowest BCUT2D eigenvalue weighted by atomic mass is 10.2. The number of nitroso groups, excluding NO2 is 1. The lowest BCUT2D eigenvalue weighted by Crippen LogP contribution is -1.81. The molecule has 0 radical (unpaired) electrons. The average molecular weight is 128 g/mol. The van der Waals surface area contributed by atoms with Crippen LogP contribution in [0.3, 0.4) is 0 Å². The minimum Gasteiger partial charge on any atom is -0.313 e. The molecule has 0 heterocycles. The monoisotopic (exact) mass is 128 g/mol. The fourth-order valence-corrected chi connectivity index (χ4v) is 0.600. The summed E-state index contributed by atoms with van der Waals surface area (Å²) in [5, 5.41) is 9.40. The zero-order chi connectivity index (χ0) is 6.95. The first-order valence-corrected chi connectivity index (χ1v) is 3.20. The van der Waals surface area contributed by atoms with Crippen molar-refractivity contribution in [3.05, 3.63) is 4.91 Å². The van der Waals surface area contributed by atoms with Gasteiger partial charge in [-0.1, -0.05) is 11.6 Å². The van der Waals surface area contributed by atoms with Crippen molar-refractivity contribution in [3.8, 4) is 0 Å². The van der Waals surface area contributed by atoms with Gasteiger partial charge >= 0.3 is 0 Å². The van der Waals surface area contributed by atoms with Crippen molar-refractivity contribution in [2.75, 3.05) is 6.54 Å². The van der Waals surface area contributed by atoms with Crippen LogP contribution in [0, 0.1) is 10.3 Å². The van der Waals surface area contributed by atoms with E-state index in [0.717, 1.165) is 25.7 Å². The molecule has 0 aliphatic carbocycles. The van der Waals surface area contributed by atoms with E-state index in [2.05, 4.69) is 5.18 Å². The fraction of sp³-hybridized carbons (Fsp3) is 0.833. The van der Waals surface area contributed by atoms with E-state index in [-0.39, 0.29) is 0 Å². The molecule has 0 amide bonds. The van der Waals surface area contributed by atoms with Gasteiger partial charge in [0.25, 0.3) is 0 Å². The predicted octanol–water partition coefficient (Wildman–Crippen LogP) is 1.96. The highest BCUT2D eigenvalue weighted by Gasteiger charge is 1.85. The van der Waals surface area contributed by atoms with Gasteiger partial charge < -0.3 is 5.41 Å². The molecule has 0 aromatic carbocycles. The van der Waals surface area contributed by atoms with Gasteiger partial charge in [0.1, 0.15) is 0 Å². The van der Waals surface area contributed by atoms with Crippen LogP contribution in [0.25, 0.3) is 0 Å². The number of nitrogens with one attached hydrogen (secondary N) is 1. The minimum absolute atomic E-state index is 0.429. The van der Waals surface area contributed by atoms with Crippen LogP contribution in [0.5, 0.6) is 0 Å². The van der Waals surface area contributed by atoms with Crippen LogP contribution in [-0.2, 0) is 0 Å². The normalized spacial score (nSPS) is 8.89. The second-order valence-corrected chi connectivity index (χ2v) is 1.91. The number of rotatable bonds is 6. The maximum absolute atomic E-state index is 9.54. The minimum atomic E-state index is 0.429. The van der Waals surface area contributed by atoms with Crippen molar-refractivity contribution >= 4 is 6.21 Å². The van der Waals surface area contributed by atoms with Gasteiger partial charge in [0.15, 0.2) is 0 Å². The quantitative estimate of drug-likeness (QED) is 0.332.